The maximum atomic E-state index is 13.8. The van der Waals surface area contributed by atoms with Crippen molar-refractivity contribution in [1.82, 2.24) is 39.0 Å². The van der Waals surface area contributed by atoms with Crippen LogP contribution >= 0.6 is 31.3 Å². The lowest BCUT2D eigenvalue weighted by Crippen LogP contribution is -2.34. The van der Waals surface area contributed by atoms with Crippen LogP contribution in [0.4, 0.5) is 11.6 Å². The van der Waals surface area contributed by atoms with Gasteiger partial charge in [0.15, 0.2) is 35.4 Å². The third-order valence-electron chi connectivity index (χ3n) is 7.41. The van der Waals surface area contributed by atoms with E-state index in [2.05, 4.69) is 42.8 Å². The Labute approximate surface area is 293 Å². The van der Waals surface area contributed by atoms with E-state index < -0.39 is 93.6 Å². The molecule has 6 rings (SSSR count). The van der Waals surface area contributed by atoms with E-state index in [0.29, 0.717) is 0 Å². The lowest BCUT2D eigenvalue weighted by Gasteiger charge is -2.24. The van der Waals surface area contributed by atoms with Gasteiger partial charge in [0, 0.05) is 0 Å². The van der Waals surface area contributed by atoms with Crippen molar-refractivity contribution in [2.24, 2.45) is 0 Å². The van der Waals surface area contributed by atoms with Gasteiger partial charge in [0.05, 0.1) is 25.9 Å². The second-order valence-electron chi connectivity index (χ2n) is 11.0. The normalized spacial score (nSPS) is 30.0. The van der Waals surface area contributed by atoms with Gasteiger partial charge in [-0.2, -0.15) is 12.9 Å². The SMILES string of the molecule is Nc1ncnc2c1ncn2C1OC(COP(=O)(OCC2OC(n3cnc4c(N)ncnc43)C(O)C2O)OP(=O)(O)OP(=O)(O)OP(=O)(O)O)C(O)C1O. The van der Waals surface area contributed by atoms with Crippen molar-refractivity contribution in [1.29, 1.82) is 0 Å². The van der Waals surface area contributed by atoms with E-state index in [1.54, 1.807) is 0 Å². The van der Waals surface area contributed by atoms with Gasteiger partial charge in [-0.3, -0.25) is 18.2 Å². The highest BCUT2D eigenvalue weighted by Crippen LogP contribution is 2.72. The summed E-state index contributed by atoms with van der Waals surface area (Å²) >= 11 is 0. The van der Waals surface area contributed by atoms with Crippen LogP contribution in [0.1, 0.15) is 12.5 Å². The predicted octanol–water partition coefficient (Wildman–Crippen LogP) is -2.45. The van der Waals surface area contributed by atoms with Crippen molar-refractivity contribution in [3.05, 3.63) is 25.3 Å². The number of aromatic nitrogens is 8. The maximum absolute atomic E-state index is 13.8. The number of hydrogen-bond acceptors (Lipinski definition) is 23. The van der Waals surface area contributed by atoms with E-state index >= 15 is 0 Å². The third-order valence-corrected chi connectivity index (χ3v) is 13.3. The molecule has 0 radical (unpaired) electrons. The minimum absolute atomic E-state index is 0.0292. The molecule has 33 heteroatoms. The van der Waals surface area contributed by atoms with Gasteiger partial charge in [-0.05, 0) is 0 Å². The number of imidazole rings is 2. The molecule has 0 aliphatic carbocycles. The van der Waals surface area contributed by atoms with E-state index in [1.807, 2.05) is 0 Å². The molecule has 0 aromatic carbocycles. The Morgan fingerprint density at radius 1 is 0.623 bits per heavy atom. The second-order valence-corrected chi connectivity index (χ2v) is 17.2. The summed E-state index contributed by atoms with van der Waals surface area (Å²) in [6, 6.07) is 0. The molecule has 10 atom stereocenters. The number of hydrogen-bond donors (Lipinski definition) is 10. The average molecular weight is 836 g/mol. The first-order valence-corrected chi connectivity index (χ1v) is 20.3. The molecular formula is C20H28N10O19P4. The topological polar surface area (TPSA) is 434 Å². The van der Waals surface area contributed by atoms with Crippen molar-refractivity contribution >= 4 is 65.3 Å². The molecular weight excluding hydrogens is 808 g/mol. The van der Waals surface area contributed by atoms with Gasteiger partial charge in [0.25, 0.3) is 0 Å². The molecule has 29 nitrogen and oxygen atoms in total. The van der Waals surface area contributed by atoms with Crippen LogP contribution in [0.25, 0.3) is 22.3 Å². The molecule has 10 unspecified atom stereocenters. The van der Waals surface area contributed by atoms with Gasteiger partial charge in [0.1, 0.15) is 60.3 Å². The summed E-state index contributed by atoms with van der Waals surface area (Å²) in [5.74, 6) is -0.0585. The molecule has 0 amide bonds. The number of nitrogens with two attached hydrogens (primary N) is 2. The summed E-state index contributed by atoms with van der Waals surface area (Å²) in [6.45, 7) is -2.24. The van der Waals surface area contributed by atoms with Crippen LogP contribution < -0.4 is 11.5 Å². The molecule has 0 bridgehead atoms. The molecule has 12 N–H and O–H groups in total. The smallest absolute Gasteiger partial charge is 0.387 e. The highest BCUT2D eigenvalue weighted by Gasteiger charge is 2.51. The lowest BCUT2D eigenvalue weighted by atomic mass is 10.1. The molecule has 2 fully saturated rings. The summed E-state index contributed by atoms with van der Waals surface area (Å²) in [5, 5.41) is 42.9. The minimum Gasteiger partial charge on any atom is -0.387 e. The fourth-order valence-corrected chi connectivity index (χ4v) is 10.2. The van der Waals surface area contributed by atoms with E-state index in [1.165, 1.54) is 0 Å². The van der Waals surface area contributed by atoms with Gasteiger partial charge >= 0.3 is 31.3 Å². The summed E-state index contributed by atoms with van der Waals surface area (Å²) in [4.78, 5) is 60.9. The fraction of sp³-hybridized carbons (Fsp3) is 0.500. The van der Waals surface area contributed by atoms with Crippen LogP contribution in [0.2, 0.25) is 0 Å². The Morgan fingerprint density at radius 2 is 1.04 bits per heavy atom. The molecule has 292 valence electrons. The maximum Gasteiger partial charge on any atom is 0.490 e. The first-order valence-electron chi connectivity index (χ1n) is 14.3. The Balaban J connectivity index is 1.21. The first kappa shape index (κ1) is 39.7. The Kier molecular flexibility index (Phi) is 10.9. The van der Waals surface area contributed by atoms with E-state index in [-0.39, 0.29) is 34.0 Å². The van der Waals surface area contributed by atoms with Gasteiger partial charge in [-0.15, -0.1) is 0 Å². The molecule has 53 heavy (non-hydrogen) atoms. The number of rotatable bonds is 14. The molecule has 4 aromatic rings. The number of anilines is 2. The number of aliphatic hydroxyl groups is 4. The number of aliphatic hydroxyl groups excluding tert-OH is 4. The Morgan fingerprint density at radius 3 is 1.45 bits per heavy atom. The van der Waals surface area contributed by atoms with Crippen molar-refractivity contribution < 1.29 is 89.7 Å². The third kappa shape index (κ3) is 8.48. The largest absolute Gasteiger partial charge is 0.490 e. The zero-order valence-corrected chi connectivity index (χ0v) is 29.5. The quantitative estimate of drug-likeness (QED) is 0.0589. The summed E-state index contributed by atoms with van der Waals surface area (Å²) in [6.07, 6.45) is -8.96. The molecule has 6 heterocycles. The van der Waals surface area contributed by atoms with Gasteiger partial charge in [0.2, 0.25) is 0 Å². The predicted molar refractivity (Wildman–Crippen MR) is 166 cm³/mol. The monoisotopic (exact) mass is 836 g/mol. The summed E-state index contributed by atoms with van der Waals surface area (Å²) < 4.78 is 84.8. The van der Waals surface area contributed by atoms with Gasteiger partial charge < -0.3 is 60.9 Å². The highest BCUT2D eigenvalue weighted by atomic mass is 31.3. The van der Waals surface area contributed by atoms with Crippen LogP contribution in [0, 0.1) is 0 Å². The van der Waals surface area contributed by atoms with Crippen LogP contribution in [-0.4, -0.2) is 129 Å². The number of nitrogen functional groups attached to an aromatic ring is 2. The fourth-order valence-electron chi connectivity index (χ4n) is 5.14. The summed E-state index contributed by atoms with van der Waals surface area (Å²) in [5.41, 5.74) is 11.9. The van der Waals surface area contributed by atoms with Crippen LogP contribution in [0.15, 0.2) is 25.3 Å². The van der Waals surface area contributed by atoms with E-state index in [9.17, 15) is 48.5 Å². The Hall–Kier alpha value is -2.98. The van der Waals surface area contributed by atoms with Gasteiger partial charge in [-0.25, -0.2) is 48.2 Å². The molecule has 4 aromatic heterocycles. The number of phosphoric ester groups is 1. The van der Waals surface area contributed by atoms with Crippen molar-refractivity contribution in [2.75, 3.05) is 24.7 Å². The molecule has 0 saturated carbocycles. The van der Waals surface area contributed by atoms with E-state index in [4.69, 9.17) is 39.8 Å². The van der Waals surface area contributed by atoms with Crippen molar-refractivity contribution in [3.8, 4) is 0 Å². The van der Waals surface area contributed by atoms with Crippen LogP contribution in [0.5, 0.6) is 0 Å². The van der Waals surface area contributed by atoms with E-state index in [0.717, 1.165) is 34.4 Å². The van der Waals surface area contributed by atoms with Crippen LogP contribution in [0.3, 0.4) is 0 Å². The Bertz CT molecular complexity index is 2070. The van der Waals surface area contributed by atoms with Crippen molar-refractivity contribution in [2.45, 2.75) is 49.1 Å². The number of phosphoric acid groups is 4. The number of ether oxygens (including phenoxy) is 2. The minimum atomic E-state index is -6.24. The first-order chi connectivity index (χ1) is 24.7. The standard InChI is InChI=1S/C20H28N10O19P4/c21-15-9-17(25-3-23-15)29(5-27-9)19-13(33)11(31)7(45-19)1-43-53(42,49-52(40,41)48-51(38,39)47-50(35,36)37)44-2-8-12(32)14(34)20(46-8)30-6-28-10-16(22)24-4-26-18(10)30/h3-8,11-14,19-20,31-34H,1-2H2,(H,38,39)(H,40,41)(H2,21,23,25)(H2,22,24,26)(H2,35,36,37). The zero-order valence-electron chi connectivity index (χ0n) is 25.9. The average Bonchev–Trinajstić information content (AvgIpc) is 3.80. The van der Waals surface area contributed by atoms with Crippen molar-refractivity contribution in [3.63, 3.8) is 0 Å². The van der Waals surface area contributed by atoms with Crippen LogP contribution in [-0.2, 0) is 49.7 Å². The zero-order chi connectivity index (χ0) is 38.7. The molecule has 2 aliphatic heterocycles. The lowest BCUT2D eigenvalue weighted by molar-refractivity contribution is -0.0607. The highest BCUT2D eigenvalue weighted by molar-refractivity contribution is 7.69. The second kappa shape index (κ2) is 14.6. The molecule has 2 aliphatic rings. The van der Waals surface area contributed by atoms with Gasteiger partial charge in [-0.1, -0.05) is 0 Å². The molecule has 0 spiro atoms. The summed E-state index contributed by atoms with van der Waals surface area (Å²) in [7, 11) is -23.9. The number of nitrogens with zero attached hydrogens (tertiary/aromatic N) is 8. The molecule has 2 saturated heterocycles. The number of fused-ring (bicyclic) bond motifs is 2.